The summed E-state index contributed by atoms with van der Waals surface area (Å²) in [5.74, 6) is 4.92. The first kappa shape index (κ1) is 14.7. The molecule has 0 fully saturated rings. The highest BCUT2D eigenvalue weighted by molar-refractivity contribution is 7.98. The molecule has 0 radical (unpaired) electrons. The molecule has 0 bridgehead atoms. The number of hydrogen-bond acceptors (Lipinski definition) is 5. The van der Waals surface area contributed by atoms with Gasteiger partial charge < -0.3 is 10.6 Å². The molecule has 8 heteroatoms. The zero-order valence-corrected chi connectivity index (χ0v) is 11.7. The van der Waals surface area contributed by atoms with Gasteiger partial charge in [0.05, 0.1) is 6.61 Å². The highest BCUT2D eigenvalue weighted by Crippen LogP contribution is 2.23. The Hall–Kier alpha value is -1.67. The number of rotatable bonds is 6. The van der Waals surface area contributed by atoms with Crippen LogP contribution in [0.15, 0.2) is 23.4 Å². The monoisotopic (exact) mass is 300 g/mol. The Balaban J connectivity index is 2.04. The Morgan fingerprint density at radius 2 is 2.15 bits per heavy atom. The third-order valence-corrected chi connectivity index (χ3v) is 3.65. The lowest BCUT2D eigenvalue weighted by Gasteiger charge is -2.04. The van der Waals surface area contributed by atoms with Crippen LogP contribution in [0.2, 0.25) is 0 Å². The van der Waals surface area contributed by atoms with Gasteiger partial charge in [-0.15, -0.1) is 10.2 Å². The van der Waals surface area contributed by atoms with Gasteiger partial charge in [0.25, 0.3) is 0 Å². The second-order valence-electron chi connectivity index (χ2n) is 4.01. The summed E-state index contributed by atoms with van der Waals surface area (Å²) >= 11 is 1.19. The molecule has 108 valence electrons. The molecule has 20 heavy (non-hydrogen) atoms. The van der Waals surface area contributed by atoms with Crippen molar-refractivity contribution in [3.8, 4) is 0 Å². The van der Waals surface area contributed by atoms with Crippen molar-refractivity contribution < 1.29 is 13.5 Å². The number of aromatic nitrogens is 3. The maximum absolute atomic E-state index is 13.5. The maximum atomic E-state index is 13.5. The summed E-state index contributed by atoms with van der Waals surface area (Å²) in [5.41, 5.74) is 0.261. The minimum Gasteiger partial charge on any atom is -0.384 e. The molecule has 0 amide bonds. The van der Waals surface area contributed by atoms with E-state index < -0.39 is 11.6 Å². The van der Waals surface area contributed by atoms with Gasteiger partial charge in [0, 0.05) is 24.8 Å². The van der Waals surface area contributed by atoms with Crippen molar-refractivity contribution in [3.05, 3.63) is 41.2 Å². The summed E-state index contributed by atoms with van der Waals surface area (Å²) in [7, 11) is 1.58. The van der Waals surface area contributed by atoms with Crippen LogP contribution in [0, 0.1) is 11.6 Å². The number of nitrogen functional groups attached to an aromatic ring is 1. The minimum atomic E-state index is -0.863. The average Bonchev–Trinajstić information content (AvgIpc) is 2.79. The molecule has 2 N–H and O–H groups in total. The van der Waals surface area contributed by atoms with Crippen molar-refractivity contribution in [3.63, 3.8) is 0 Å². The molecule has 0 saturated heterocycles. The third-order valence-electron chi connectivity index (χ3n) is 2.65. The van der Waals surface area contributed by atoms with E-state index in [1.165, 1.54) is 28.6 Å². The summed E-state index contributed by atoms with van der Waals surface area (Å²) in [5, 5.41) is 8.28. The fourth-order valence-corrected chi connectivity index (χ4v) is 2.42. The van der Waals surface area contributed by atoms with E-state index in [1.54, 1.807) is 7.11 Å². The lowest BCUT2D eigenvalue weighted by molar-refractivity contribution is 0.200. The number of hydrogen-bond donors (Lipinski definition) is 1. The third kappa shape index (κ3) is 3.26. The van der Waals surface area contributed by atoms with E-state index >= 15 is 0 Å². The molecule has 0 aliphatic carbocycles. The van der Waals surface area contributed by atoms with Crippen molar-refractivity contribution in [2.75, 3.05) is 19.6 Å². The van der Waals surface area contributed by atoms with Gasteiger partial charge >= 0.3 is 0 Å². The summed E-state index contributed by atoms with van der Waals surface area (Å²) < 4.78 is 32.8. The van der Waals surface area contributed by atoms with E-state index in [1.807, 2.05) is 0 Å². The van der Waals surface area contributed by atoms with Crippen molar-refractivity contribution in [2.45, 2.75) is 17.3 Å². The quantitative estimate of drug-likeness (QED) is 0.650. The second-order valence-corrected chi connectivity index (χ2v) is 4.96. The predicted molar refractivity (Wildman–Crippen MR) is 71.7 cm³/mol. The molecule has 1 aromatic carbocycles. The van der Waals surface area contributed by atoms with E-state index in [2.05, 4.69) is 10.2 Å². The predicted octanol–water partition coefficient (Wildman–Crippen LogP) is 1.75. The number of benzene rings is 1. The highest BCUT2D eigenvalue weighted by Gasteiger charge is 2.12. The van der Waals surface area contributed by atoms with Crippen molar-refractivity contribution in [1.82, 2.24) is 14.9 Å². The highest BCUT2D eigenvalue weighted by atomic mass is 32.2. The number of nitrogens with zero attached hydrogens (tertiary/aromatic N) is 3. The zero-order valence-electron chi connectivity index (χ0n) is 10.8. The molecule has 0 saturated carbocycles. The molecule has 1 aromatic heterocycles. The van der Waals surface area contributed by atoms with Gasteiger partial charge in [0.1, 0.15) is 0 Å². The normalized spacial score (nSPS) is 10.9. The lowest BCUT2D eigenvalue weighted by atomic mass is 10.2. The van der Waals surface area contributed by atoms with Crippen LogP contribution in [0.4, 0.5) is 8.78 Å². The Kier molecular flexibility index (Phi) is 4.91. The molecular weight excluding hydrogens is 286 g/mol. The zero-order chi connectivity index (χ0) is 14.5. The number of thioether (sulfide) groups is 1. The first-order valence-electron chi connectivity index (χ1n) is 5.87. The van der Waals surface area contributed by atoms with Gasteiger partial charge in [-0.3, -0.25) is 0 Å². The Labute approximate surface area is 119 Å². The molecular formula is C12H14F2N4OS. The SMILES string of the molecule is COCCc1nnc(SCc2cccc(F)c2F)n1N. The van der Waals surface area contributed by atoms with Gasteiger partial charge in [-0.05, 0) is 6.07 Å². The van der Waals surface area contributed by atoms with Crippen molar-refractivity contribution >= 4 is 11.8 Å². The molecule has 0 unspecified atom stereocenters. The Bertz CT molecular complexity index is 591. The van der Waals surface area contributed by atoms with Crippen LogP contribution in [0.5, 0.6) is 0 Å². The van der Waals surface area contributed by atoms with Crippen LogP contribution in [0.25, 0.3) is 0 Å². The fraction of sp³-hybridized carbons (Fsp3) is 0.333. The van der Waals surface area contributed by atoms with Gasteiger partial charge in [0.2, 0.25) is 5.16 Å². The first-order chi connectivity index (χ1) is 9.63. The van der Waals surface area contributed by atoms with E-state index in [0.717, 1.165) is 6.07 Å². The summed E-state index contributed by atoms with van der Waals surface area (Å²) in [6.45, 7) is 0.485. The second kappa shape index (κ2) is 6.67. The van der Waals surface area contributed by atoms with E-state index in [0.29, 0.717) is 24.0 Å². The Morgan fingerprint density at radius 3 is 2.90 bits per heavy atom. The van der Waals surface area contributed by atoms with Crippen LogP contribution in [0.3, 0.4) is 0 Å². The van der Waals surface area contributed by atoms with Gasteiger partial charge in [-0.25, -0.2) is 13.5 Å². The molecule has 0 spiro atoms. The molecule has 2 aromatic rings. The molecule has 1 heterocycles. The van der Waals surface area contributed by atoms with Crippen molar-refractivity contribution in [1.29, 1.82) is 0 Å². The van der Waals surface area contributed by atoms with Crippen LogP contribution in [0.1, 0.15) is 11.4 Å². The van der Waals surface area contributed by atoms with Gasteiger partial charge in [0.15, 0.2) is 17.5 Å². The number of halogens is 2. The van der Waals surface area contributed by atoms with E-state index in [-0.39, 0.29) is 11.3 Å². The van der Waals surface area contributed by atoms with Gasteiger partial charge in [-0.1, -0.05) is 23.9 Å². The molecule has 0 aliphatic heterocycles. The lowest BCUT2D eigenvalue weighted by Crippen LogP contribution is -2.15. The molecule has 0 aliphatic rings. The largest absolute Gasteiger partial charge is 0.384 e. The Morgan fingerprint density at radius 1 is 1.35 bits per heavy atom. The van der Waals surface area contributed by atoms with Crippen LogP contribution in [-0.4, -0.2) is 28.6 Å². The minimum absolute atomic E-state index is 0.225. The first-order valence-corrected chi connectivity index (χ1v) is 6.86. The van der Waals surface area contributed by atoms with Crippen LogP contribution < -0.4 is 5.84 Å². The van der Waals surface area contributed by atoms with Crippen molar-refractivity contribution in [2.24, 2.45) is 0 Å². The average molecular weight is 300 g/mol. The molecule has 2 rings (SSSR count). The van der Waals surface area contributed by atoms with Crippen LogP contribution >= 0.6 is 11.8 Å². The fourth-order valence-electron chi connectivity index (χ4n) is 1.57. The standard InChI is InChI=1S/C12H14F2N4OS/c1-19-6-5-10-16-17-12(18(10)15)20-7-8-3-2-4-9(13)11(8)14/h2-4H,5-7,15H2,1H3. The summed E-state index contributed by atoms with van der Waals surface area (Å²) in [4.78, 5) is 0. The molecule has 5 nitrogen and oxygen atoms in total. The number of nitrogens with two attached hydrogens (primary N) is 1. The molecule has 0 atom stereocenters. The summed E-state index contributed by atoms with van der Waals surface area (Å²) in [6, 6.07) is 4.07. The summed E-state index contributed by atoms with van der Waals surface area (Å²) in [6.07, 6.45) is 0.537. The van der Waals surface area contributed by atoms with E-state index in [4.69, 9.17) is 10.6 Å². The smallest absolute Gasteiger partial charge is 0.210 e. The number of methoxy groups -OCH3 is 1. The maximum Gasteiger partial charge on any atom is 0.210 e. The topological polar surface area (TPSA) is 66.0 Å². The van der Waals surface area contributed by atoms with Gasteiger partial charge in [-0.2, -0.15) is 0 Å². The number of ether oxygens (including phenoxy) is 1. The van der Waals surface area contributed by atoms with E-state index in [9.17, 15) is 8.78 Å². The van der Waals surface area contributed by atoms with Crippen LogP contribution in [-0.2, 0) is 16.9 Å².